The first-order chi connectivity index (χ1) is 16.0. The van der Waals surface area contributed by atoms with E-state index in [0.717, 1.165) is 32.1 Å². The number of ketones is 1. The Hall–Kier alpha value is -1.20. The summed E-state index contributed by atoms with van der Waals surface area (Å²) in [6.45, 7) is 15.0. The lowest BCUT2D eigenvalue weighted by Gasteiger charge is -2.71. The second kappa shape index (κ2) is 7.22. The van der Waals surface area contributed by atoms with Gasteiger partial charge in [0.2, 0.25) is 0 Å². The maximum absolute atomic E-state index is 13.0. The van der Waals surface area contributed by atoms with E-state index in [1.807, 2.05) is 20.8 Å². The summed E-state index contributed by atoms with van der Waals surface area (Å²) in [6.07, 6.45) is 7.42. The number of carbonyl (C=O) groups excluding carboxylic acids is 1. The highest BCUT2D eigenvalue weighted by atomic mass is 16.4. The van der Waals surface area contributed by atoms with Gasteiger partial charge in [0.1, 0.15) is 6.10 Å². The molecular formula is C30H46O5. The molecule has 3 N–H and O–H groups in total. The molecule has 0 saturated heterocycles. The first-order valence-electron chi connectivity index (χ1n) is 13.9. The summed E-state index contributed by atoms with van der Waals surface area (Å²) in [7, 11) is 0. The van der Waals surface area contributed by atoms with Gasteiger partial charge in [0, 0.05) is 11.3 Å². The third kappa shape index (κ3) is 2.83. The molecule has 0 unspecified atom stereocenters. The Labute approximate surface area is 210 Å². The number of allylic oxidation sites excluding steroid dienone is 1. The van der Waals surface area contributed by atoms with Crippen molar-refractivity contribution in [2.75, 3.05) is 0 Å². The van der Waals surface area contributed by atoms with Crippen molar-refractivity contribution < 1.29 is 24.9 Å². The number of aliphatic carboxylic acids is 1. The number of hydrogen-bond acceptors (Lipinski definition) is 4. The van der Waals surface area contributed by atoms with E-state index in [-0.39, 0.29) is 39.8 Å². The van der Waals surface area contributed by atoms with Gasteiger partial charge in [0.05, 0.1) is 11.0 Å². The van der Waals surface area contributed by atoms with Crippen molar-refractivity contribution in [2.24, 2.45) is 50.7 Å². The van der Waals surface area contributed by atoms with Crippen molar-refractivity contribution in [3.05, 3.63) is 11.6 Å². The van der Waals surface area contributed by atoms with Crippen LogP contribution in [0.3, 0.4) is 0 Å². The average molecular weight is 487 g/mol. The normalized spacial score (nSPS) is 55.1. The van der Waals surface area contributed by atoms with Crippen LogP contribution in [-0.2, 0) is 9.59 Å². The first-order valence-corrected chi connectivity index (χ1v) is 13.9. The molecule has 0 spiro atoms. The van der Waals surface area contributed by atoms with E-state index < -0.39 is 28.5 Å². The molecule has 0 radical (unpaired) electrons. The zero-order valence-electron chi connectivity index (χ0n) is 22.8. The smallest absolute Gasteiger partial charge is 0.310 e. The van der Waals surface area contributed by atoms with E-state index in [2.05, 4.69) is 33.8 Å². The summed E-state index contributed by atoms with van der Waals surface area (Å²) in [5, 5.41) is 33.3. The van der Waals surface area contributed by atoms with Gasteiger partial charge in [-0.3, -0.25) is 9.59 Å². The predicted octanol–water partition coefficient (Wildman–Crippen LogP) is 5.38. The van der Waals surface area contributed by atoms with Crippen LogP contribution in [0.2, 0.25) is 0 Å². The van der Waals surface area contributed by atoms with Gasteiger partial charge in [-0.05, 0) is 92.3 Å². The predicted molar refractivity (Wildman–Crippen MR) is 134 cm³/mol. The fourth-order valence-electron chi connectivity index (χ4n) is 10.8. The van der Waals surface area contributed by atoms with Gasteiger partial charge in [-0.15, -0.1) is 0 Å². The van der Waals surface area contributed by atoms with Gasteiger partial charge in [-0.2, -0.15) is 0 Å². The average Bonchev–Trinajstić information content (AvgIpc) is 2.75. The number of carboxylic acid groups (broad SMARTS) is 1. The number of hydrogen-bond donors (Lipinski definition) is 3. The Morgan fingerprint density at radius 1 is 0.971 bits per heavy atom. The van der Waals surface area contributed by atoms with Gasteiger partial charge in [-0.25, -0.2) is 0 Å². The number of Topliss-reactive ketones (excluding diaryl/α,β-unsaturated/α-hetero) is 1. The highest BCUT2D eigenvalue weighted by Gasteiger charge is 2.71. The molecule has 0 aromatic carbocycles. The highest BCUT2D eigenvalue weighted by molar-refractivity contribution is 5.89. The molecule has 5 aliphatic carbocycles. The molecule has 0 aliphatic heterocycles. The zero-order chi connectivity index (χ0) is 26.0. The third-order valence-corrected chi connectivity index (χ3v) is 13.2. The van der Waals surface area contributed by atoms with Crippen molar-refractivity contribution in [2.45, 2.75) is 112 Å². The van der Waals surface area contributed by atoms with Crippen LogP contribution in [0.1, 0.15) is 99.8 Å². The lowest BCUT2D eigenvalue weighted by molar-refractivity contribution is -0.213. The van der Waals surface area contributed by atoms with Crippen molar-refractivity contribution in [1.29, 1.82) is 0 Å². The Morgan fingerprint density at radius 2 is 1.63 bits per heavy atom. The Morgan fingerprint density at radius 3 is 2.26 bits per heavy atom. The van der Waals surface area contributed by atoms with Crippen LogP contribution in [0.15, 0.2) is 11.6 Å². The number of rotatable bonds is 1. The SMILES string of the molecule is C[C@@H]1CC[C@]2(C(=O)O)CC[C@]3(C)C(=CC[C@@H]4[C@@]5(C)C[C@@H](O)C(=O)C(C)(C)[C@@H]5CC[C@]43C)[C@@H]2[C@]1(C)O. The van der Waals surface area contributed by atoms with Crippen molar-refractivity contribution >= 4 is 11.8 Å². The van der Waals surface area contributed by atoms with Crippen LogP contribution in [0.4, 0.5) is 0 Å². The molecule has 4 saturated carbocycles. The lowest BCUT2D eigenvalue weighted by Crippen LogP contribution is -2.68. The standard InChI is InChI=1S/C30H46O5/c1-17-10-13-30(24(33)34)15-14-27(5)18(22(30)29(17,7)35)8-9-21-26(4)16-19(31)23(32)25(2,3)20(26)11-12-28(21,27)6/h8,17,19-22,31,35H,9-16H2,1-7H3,(H,33,34)/t17-,19-,20+,21-,22-,26+,27-,28-,29-,30+/m1/s1. The molecule has 35 heavy (non-hydrogen) atoms. The molecule has 0 amide bonds. The minimum atomic E-state index is -1.07. The second-order valence-electron chi connectivity index (χ2n) is 14.7. The van der Waals surface area contributed by atoms with Gasteiger partial charge in [-0.1, -0.05) is 53.2 Å². The Bertz CT molecular complexity index is 995. The maximum atomic E-state index is 13.0. The molecule has 5 heteroatoms. The molecule has 0 heterocycles. The molecule has 10 atom stereocenters. The molecule has 5 rings (SSSR count). The van der Waals surface area contributed by atoms with Crippen LogP contribution in [0.5, 0.6) is 0 Å². The number of carboxylic acids is 1. The van der Waals surface area contributed by atoms with E-state index in [4.69, 9.17) is 0 Å². The van der Waals surface area contributed by atoms with Gasteiger partial charge >= 0.3 is 5.97 Å². The summed E-state index contributed by atoms with van der Waals surface area (Å²) < 4.78 is 0. The van der Waals surface area contributed by atoms with E-state index in [0.29, 0.717) is 25.2 Å². The maximum Gasteiger partial charge on any atom is 0.310 e. The molecule has 4 fully saturated rings. The molecule has 196 valence electrons. The van der Waals surface area contributed by atoms with E-state index in [1.165, 1.54) is 5.57 Å². The summed E-state index contributed by atoms with van der Waals surface area (Å²) in [4.78, 5) is 25.8. The first kappa shape index (κ1) is 25.4. The molecule has 0 aromatic rings. The lowest BCUT2D eigenvalue weighted by atomic mass is 9.33. The van der Waals surface area contributed by atoms with E-state index >= 15 is 0 Å². The third-order valence-electron chi connectivity index (χ3n) is 13.2. The minimum absolute atomic E-state index is 0.0158. The molecule has 5 nitrogen and oxygen atoms in total. The van der Waals surface area contributed by atoms with E-state index in [1.54, 1.807) is 0 Å². The highest BCUT2D eigenvalue weighted by Crippen LogP contribution is 2.75. The summed E-state index contributed by atoms with van der Waals surface area (Å²) in [6, 6.07) is 0. The minimum Gasteiger partial charge on any atom is -0.481 e. The summed E-state index contributed by atoms with van der Waals surface area (Å²) >= 11 is 0. The van der Waals surface area contributed by atoms with Crippen molar-refractivity contribution in [3.8, 4) is 0 Å². The van der Waals surface area contributed by atoms with Crippen LogP contribution >= 0.6 is 0 Å². The van der Waals surface area contributed by atoms with Crippen LogP contribution < -0.4 is 0 Å². The Balaban J connectivity index is 1.65. The number of aliphatic hydroxyl groups is 2. The number of aliphatic hydroxyl groups excluding tert-OH is 1. The van der Waals surface area contributed by atoms with Crippen LogP contribution in [-0.4, -0.2) is 38.8 Å². The molecular weight excluding hydrogens is 440 g/mol. The fourth-order valence-corrected chi connectivity index (χ4v) is 10.8. The molecule has 0 bridgehead atoms. The van der Waals surface area contributed by atoms with Crippen molar-refractivity contribution in [3.63, 3.8) is 0 Å². The van der Waals surface area contributed by atoms with Crippen LogP contribution in [0, 0.1) is 50.7 Å². The second-order valence-corrected chi connectivity index (χ2v) is 14.7. The monoisotopic (exact) mass is 486 g/mol. The fraction of sp³-hybridized carbons (Fsp3) is 0.867. The molecule has 0 aromatic heterocycles. The Kier molecular flexibility index (Phi) is 5.25. The summed E-state index contributed by atoms with van der Waals surface area (Å²) in [5.74, 6) is -0.584. The number of carbonyl (C=O) groups is 2. The van der Waals surface area contributed by atoms with Gasteiger partial charge in [0.15, 0.2) is 5.78 Å². The quantitative estimate of drug-likeness (QED) is 0.432. The van der Waals surface area contributed by atoms with E-state index in [9.17, 15) is 24.9 Å². The van der Waals surface area contributed by atoms with Crippen molar-refractivity contribution in [1.82, 2.24) is 0 Å². The van der Waals surface area contributed by atoms with Gasteiger partial charge in [0.25, 0.3) is 0 Å². The van der Waals surface area contributed by atoms with Gasteiger partial charge < -0.3 is 15.3 Å². The topological polar surface area (TPSA) is 94.8 Å². The largest absolute Gasteiger partial charge is 0.481 e. The summed E-state index contributed by atoms with van der Waals surface area (Å²) in [5.41, 5.74) is -1.81. The molecule has 5 aliphatic rings. The van der Waals surface area contributed by atoms with Crippen LogP contribution in [0.25, 0.3) is 0 Å². The number of fused-ring (bicyclic) bond motifs is 7. The zero-order valence-corrected chi connectivity index (χ0v) is 22.8.